The molecule has 4 rings (SSSR count). The first kappa shape index (κ1) is 18.7. The average Bonchev–Trinajstić information content (AvgIpc) is 3.44. The van der Waals surface area contributed by atoms with Crippen molar-refractivity contribution in [3.05, 3.63) is 84.8 Å². The van der Waals surface area contributed by atoms with E-state index in [2.05, 4.69) is 20.3 Å². The van der Waals surface area contributed by atoms with Gasteiger partial charge >= 0.3 is 0 Å². The predicted molar refractivity (Wildman–Crippen MR) is 111 cm³/mol. The smallest absolute Gasteiger partial charge is 0.221 e. The Morgan fingerprint density at radius 1 is 1.00 bits per heavy atom. The van der Waals surface area contributed by atoms with E-state index in [0.29, 0.717) is 24.5 Å². The standard InChI is InChI=1S/C23H22N4O2/c1-16(23-25-14-19(27-23)17-8-4-2-5-9-17)26-21(28)12-13-22-24-15-20(29-22)18-10-6-3-7-11-18/h2-11,14-16H,12-13H2,1H3,(H,25,27)(H,26,28)/t16-/m1/s1. The molecule has 0 saturated heterocycles. The summed E-state index contributed by atoms with van der Waals surface area (Å²) in [5.74, 6) is 1.91. The number of hydrogen-bond donors (Lipinski definition) is 2. The van der Waals surface area contributed by atoms with E-state index >= 15 is 0 Å². The van der Waals surface area contributed by atoms with Gasteiger partial charge in [-0.15, -0.1) is 0 Å². The lowest BCUT2D eigenvalue weighted by Crippen LogP contribution is -2.27. The van der Waals surface area contributed by atoms with Gasteiger partial charge in [0, 0.05) is 18.4 Å². The number of imidazole rings is 1. The van der Waals surface area contributed by atoms with E-state index in [4.69, 9.17) is 4.42 Å². The van der Waals surface area contributed by atoms with Crippen LogP contribution in [0.2, 0.25) is 0 Å². The molecule has 1 atom stereocenters. The molecule has 0 bridgehead atoms. The summed E-state index contributed by atoms with van der Waals surface area (Å²) in [5.41, 5.74) is 2.95. The minimum atomic E-state index is -0.218. The largest absolute Gasteiger partial charge is 0.441 e. The minimum Gasteiger partial charge on any atom is -0.441 e. The Bertz CT molecular complexity index is 1070. The normalized spacial score (nSPS) is 11.9. The molecule has 2 heterocycles. The van der Waals surface area contributed by atoms with Gasteiger partial charge in [0.25, 0.3) is 0 Å². The number of aromatic nitrogens is 3. The molecular formula is C23H22N4O2. The van der Waals surface area contributed by atoms with Crippen molar-refractivity contribution in [3.63, 3.8) is 0 Å². The first-order chi connectivity index (χ1) is 14.2. The average molecular weight is 386 g/mol. The molecule has 6 heteroatoms. The molecule has 0 aliphatic carbocycles. The highest BCUT2D eigenvalue weighted by atomic mass is 16.4. The van der Waals surface area contributed by atoms with Gasteiger partial charge in [0.05, 0.1) is 24.1 Å². The van der Waals surface area contributed by atoms with E-state index < -0.39 is 0 Å². The molecule has 4 aromatic rings. The number of nitrogens with zero attached hydrogens (tertiary/aromatic N) is 2. The molecule has 0 radical (unpaired) electrons. The second kappa shape index (κ2) is 8.56. The number of aromatic amines is 1. The predicted octanol–water partition coefficient (Wildman–Crippen LogP) is 4.54. The summed E-state index contributed by atoms with van der Waals surface area (Å²) in [4.78, 5) is 24.3. The van der Waals surface area contributed by atoms with Gasteiger partial charge in [0.1, 0.15) is 5.82 Å². The lowest BCUT2D eigenvalue weighted by molar-refractivity contribution is -0.121. The zero-order valence-corrected chi connectivity index (χ0v) is 16.1. The van der Waals surface area contributed by atoms with Crippen LogP contribution in [0.25, 0.3) is 22.6 Å². The van der Waals surface area contributed by atoms with Crippen molar-refractivity contribution in [2.24, 2.45) is 0 Å². The Hall–Kier alpha value is -3.67. The van der Waals surface area contributed by atoms with Crippen LogP contribution in [0.5, 0.6) is 0 Å². The number of carbonyl (C=O) groups is 1. The van der Waals surface area contributed by atoms with Crippen molar-refractivity contribution in [1.29, 1.82) is 0 Å². The monoisotopic (exact) mass is 386 g/mol. The number of carbonyl (C=O) groups excluding carboxylic acids is 1. The third-order valence-corrected chi connectivity index (χ3v) is 4.65. The van der Waals surface area contributed by atoms with Gasteiger partial charge in [-0.25, -0.2) is 9.97 Å². The molecule has 6 nitrogen and oxygen atoms in total. The second-order valence-electron chi connectivity index (χ2n) is 6.82. The van der Waals surface area contributed by atoms with Crippen LogP contribution >= 0.6 is 0 Å². The van der Waals surface area contributed by atoms with Gasteiger partial charge in [-0.05, 0) is 12.5 Å². The molecule has 2 N–H and O–H groups in total. The number of oxazole rings is 1. The summed E-state index contributed by atoms with van der Waals surface area (Å²) in [6, 6.07) is 19.5. The third kappa shape index (κ3) is 4.60. The summed E-state index contributed by atoms with van der Waals surface area (Å²) in [5, 5.41) is 2.97. The fourth-order valence-corrected chi connectivity index (χ4v) is 3.09. The molecule has 0 aliphatic rings. The van der Waals surface area contributed by atoms with E-state index in [0.717, 1.165) is 22.6 Å². The molecule has 0 aliphatic heterocycles. The molecule has 2 aromatic heterocycles. The Morgan fingerprint density at radius 2 is 1.69 bits per heavy atom. The molecule has 29 heavy (non-hydrogen) atoms. The highest BCUT2D eigenvalue weighted by Crippen LogP contribution is 2.21. The van der Waals surface area contributed by atoms with Gasteiger partial charge in [-0.2, -0.15) is 0 Å². The lowest BCUT2D eigenvalue weighted by atomic mass is 10.2. The molecule has 0 spiro atoms. The number of amides is 1. The lowest BCUT2D eigenvalue weighted by Gasteiger charge is -2.11. The highest BCUT2D eigenvalue weighted by Gasteiger charge is 2.15. The van der Waals surface area contributed by atoms with E-state index in [1.54, 1.807) is 12.4 Å². The van der Waals surface area contributed by atoms with Gasteiger partial charge in [-0.1, -0.05) is 60.7 Å². The van der Waals surface area contributed by atoms with Crippen LogP contribution in [0.3, 0.4) is 0 Å². The summed E-state index contributed by atoms with van der Waals surface area (Å²) in [6.07, 6.45) is 4.22. The van der Waals surface area contributed by atoms with Crippen molar-refractivity contribution >= 4 is 5.91 Å². The quantitative estimate of drug-likeness (QED) is 0.488. The van der Waals surface area contributed by atoms with Crippen molar-refractivity contribution in [3.8, 4) is 22.6 Å². The van der Waals surface area contributed by atoms with Crippen LogP contribution in [-0.2, 0) is 11.2 Å². The van der Waals surface area contributed by atoms with Crippen LogP contribution in [0.1, 0.15) is 31.1 Å². The summed E-state index contributed by atoms with van der Waals surface area (Å²) in [7, 11) is 0. The number of rotatable bonds is 7. The van der Waals surface area contributed by atoms with Gasteiger partial charge in [0.2, 0.25) is 5.91 Å². The topological polar surface area (TPSA) is 83.8 Å². The van der Waals surface area contributed by atoms with Crippen molar-refractivity contribution < 1.29 is 9.21 Å². The zero-order chi connectivity index (χ0) is 20.1. The van der Waals surface area contributed by atoms with E-state index in [1.165, 1.54) is 0 Å². The van der Waals surface area contributed by atoms with Crippen LogP contribution in [0.15, 0.2) is 77.5 Å². The number of nitrogens with one attached hydrogen (secondary N) is 2. The number of benzene rings is 2. The first-order valence-electron chi connectivity index (χ1n) is 9.59. The third-order valence-electron chi connectivity index (χ3n) is 4.65. The van der Waals surface area contributed by atoms with E-state index in [-0.39, 0.29) is 11.9 Å². The van der Waals surface area contributed by atoms with Crippen molar-refractivity contribution in [2.75, 3.05) is 0 Å². The van der Waals surface area contributed by atoms with Crippen LogP contribution < -0.4 is 5.32 Å². The SMILES string of the molecule is C[C@@H](NC(=O)CCc1ncc(-c2ccccc2)o1)c1ncc(-c2ccccc2)[nH]1. The van der Waals surface area contributed by atoms with Gasteiger partial charge in [-0.3, -0.25) is 4.79 Å². The number of H-pyrrole nitrogens is 1. The Morgan fingerprint density at radius 3 is 2.41 bits per heavy atom. The number of hydrogen-bond acceptors (Lipinski definition) is 4. The molecular weight excluding hydrogens is 364 g/mol. The highest BCUT2D eigenvalue weighted by molar-refractivity contribution is 5.76. The van der Waals surface area contributed by atoms with Crippen molar-refractivity contribution in [1.82, 2.24) is 20.3 Å². The van der Waals surface area contributed by atoms with Gasteiger partial charge in [0.15, 0.2) is 11.7 Å². The molecule has 2 aromatic carbocycles. The summed E-state index contributed by atoms with van der Waals surface area (Å²) >= 11 is 0. The summed E-state index contributed by atoms with van der Waals surface area (Å²) < 4.78 is 5.75. The van der Waals surface area contributed by atoms with Crippen LogP contribution in [0.4, 0.5) is 0 Å². The van der Waals surface area contributed by atoms with Gasteiger partial charge < -0.3 is 14.7 Å². The van der Waals surface area contributed by atoms with Crippen LogP contribution in [-0.4, -0.2) is 20.9 Å². The number of aryl methyl sites for hydroxylation is 1. The molecule has 0 fully saturated rings. The summed E-state index contributed by atoms with van der Waals surface area (Å²) in [6.45, 7) is 1.91. The molecule has 146 valence electrons. The Labute approximate surface area is 169 Å². The van der Waals surface area contributed by atoms with Crippen LogP contribution in [0, 0.1) is 0 Å². The maximum Gasteiger partial charge on any atom is 0.221 e. The fraction of sp³-hybridized carbons (Fsp3) is 0.174. The Kier molecular flexibility index (Phi) is 5.52. The minimum absolute atomic E-state index is 0.0744. The van der Waals surface area contributed by atoms with E-state index in [9.17, 15) is 4.79 Å². The maximum atomic E-state index is 12.3. The first-order valence-corrected chi connectivity index (χ1v) is 9.59. The molecule has 0 unspecified atom stereocenters. The second-order valence-corrected chi connectivity index (χ2v) is 6.82. The molecule has 1 amide bonds. The Balaban J connectivity index is 1.31. The maximum absolute atomic E-state index is 12.3. The van der Waals surface area contributed by atoms with Crippen molar-refractivity contribution in [2.45, 2.75) is 25.8 Å². The molecule has 0 saturated carbocycles. The van der Waals surface area contributed by atoms with E-state index in [1.807, 2.05) is 67.6 Å². The zero-order valence-electron chi connectivity index (χ0n) is 16.1. The fourth-order valence-electron chi connectivity index (χ4n) is 3.09.